The number of methoxy groups -OCH3 is 1. The molecule has 2 heterocycles. The first-order chi connectivity index (χ1) is 19.9. The molecule has 2 amide bonds. The topological polar surface area (TPSA) is 120 Å². The van der Waals surface area contributed by atoms with E-state index in [-0.39, 0.29) is 23.3 Å². The Balaban J connectivity index is 1.12. The second kappa shape index (κ2) is 13.3. The van der Waals surface area contributed by atoms with Crippen LogP contribution in [0.5, 0.6) is 5.75 Å². The molecule has 13 heteroatoms. The van der Waals surface area contributed by atoms with E-state index in [4.69, 9.17) is 4.74 Å². The van der Waals surface area contributed by atoms with Crippen molar-refractivity contribution in [1.82, 2.24) is 9.97 Å². The molecule has 5 rings (SSSR count). The van der Waals surface area contributed by atoms with Crippen molar-refractivity contribution >= 4 is 95.8 Å². The normalized spacial score (nSPS) is 11.0. The number of fused-ring (bicyclic) bond motifs is 2. The van der Waals surface area contributed by atoms with E-state index in [2.05, 4.69) is 25.3 Å². The molecule has 41 heavy (non-hydrogen) atoms. The number of hydrogen-bond donors (Lipinski definition) is 2. The van der Waals surface area contributed by atoms with Crippen LogP contribution in [0, 0.1) is 0 Å². The number of aromatic nitrogens is 2. The molecule has 0 aliphatic rings. The number of nitrogens with zero attached hydrogens (tertiary/aromatic N) is 2. The van der Waals surface area contributed by atoms with Gasteiger partial charge in [-0.25, -0.2) is 14.8 Å². The average molecular weight is 625 g/mol. The van der Waals surface area contributed by atoms with Gasteiger partial charge in [0.2, 0.25) is 11.8 Å². The van der Waals surface area contributed by atoms with Gasteiger partial charge >= 0.3 is 5.97 Å². The number of nitrogens with one attached hydrogen (secondary N) is 2. The van der Waals surface area contributed by atoms with Gasteiger partial charge in [0.05, 0.1) is 51.2 Å². The zero-order chi connectivity index (χ0) is 28.8. The molecule has 3 aromatic carbocycles. The van der Waals surface area contributed by atoms with Crippen LogP contribution in [-0.4, -0.2) is 53.0 Å². The van der Waals surface area contributed by atoms with E-state index < -0.39 is 5.97 Å². The lowest BCUT2D eigenvalue weighted by Crippen LogP contribution is -2.14. The summed E-state index contributed by atoms with van der Waals surface area (Å²) in [5.74, 6) is 0.480. The van der Waals surface area contributed by atoms with Gasteiger partial charge in [0.25, 0.3) is 0 Å². The molecule has 0 spiro atoms. The zero-order valence-corrected chi connectivity index (χ0v) is 25.2. The maximum absolute atomic E-state index is 12.6. The van der Waals surface area contributed by atoms with Crippen LogP contribution in [0.1, 0.15) is 17.3 Å². The van der Waals surface area contributed by atoms with E-state index in [1.807, 2.05) is 43.3 Å². The maximum Gasteiger partial charge on any atom is 0.337 e. The Bertz CT molecular complexity index is 1720. The van der Waals surface area contributed by atoms with E-state index in [0.29, 0.717) is 23.5 Å². The van der Waals surface area contributed by atoms with E-state index in [0.717, 1.165) is 34.9 Å². The summed E-state index contributed by atoms with van der Waals surface area (Å²) >= 11 is 5.72. The molecule has 0 radical (unpaired) electrons. The lowest BCUT2D eigenvalue weighted by atomic mass is 10.2. The number of esters is 1. The first-order valence-corrected chi connectivity index (χ1v) is 16.0. The van der Waals surface area contributed by atoms with Crippen LogP contribution in [0.2, 0.25) is 0 Å². The van der Waals surface area contributed by atoms with Crippen LogP contribution in [0.3, 0.4) is 0 Å². The molecule has 2 N–H and O–H groups in total. The lowest BCUT2D eigenvalue weighted by molar-refractivity contribution is -0.114. The number of carbonyl (C=O) groups excluding carboxylic acids is 3. The number of amides is 2. The molecule has 0 saturated carbocycles. The summed E-state index contributed by atoms with van der Waals surface area (Å²) in [4.78, 5) is 45.7. The summed E-state index contributed by atoms with van der Waals surface area (Å²) in [5.41, 5.74) is 3.36. The predicted octanol–water partition coefficient (Wildman–Crippen LogP) is 6.55. The molecule has 0 aliphatic carbocycles. The highest BCUT2D eigenvalue weighted by atomic mass is 32.2. The van der Waals surface area contributed by atoms with Crippen molar-refractivity contribution in [1.29, 1.82) is 0 Å². The number of hydrogen-bond acceptors (Lipinski definition) is 11. The summed E-state index contributed by atoms with van der Waals surface area (Å²) < 4.78 is 13.7. The van der Waals surface area contributed by atoms with Crippen LogP contribution in [-0.2, 0) is 14.3 Å². The fourth-order valence-corrected chi connectivity index (χ4v) is 7.51. The highest BCUT2D eigenvalue weighted by Crippen LogP contribution is 2.33. The Morgan fingerprint density at radius 2 is 1.34 bits per heavy atom. The smallest absolute Gasteiger partial charge is 0.337 e. The molecule has 0 aliphatic heterocycles. The summed E-state index contributed by atoms with van der Waals surface area (Å²) in [6, 6.07) is 17.8. The molecule has 0 saturated heterocycles. The summed E-state index contributed by atoms with van der Waals surface area (Å²) in [6.07, 6.45) is 0. The minimum Gasteiger partial charge on any atom is -0.494 e. The third-order valence-electron chi connectivity index (χ3n) is 5.55. The van der Waals surface area contributed by atoms with Crippen LogP contribution in [0.25, 0.3) is 20.4 Å². The molecule has 210 valence electrons. The zero-order valence-electron chi connectivity index (χ0n) is 22.0. The number of thiazole rings is 2. The molecule has 5 aromatic rings. The Hall–Kier alpha value is -3.65. The first-order valence-electron chi connectivity index (χ1n) is 12.4. The maximum atomic E-state index is 12.6. The van der Waals surface area contributed by atoms with Gasteiger partial charge in [-0.3, -0.25) is 9.59 Å². The van der Waals surface area contributed by atoms with Gasteiger partial charge in [-0.15, -0.1) is 22.7 Å². The molecule has 0 unspecified atom stereocenters. The van der Waals surface area contributed by atoms with Crippen LogP contribution in [0.15, 0.2) is 69.3 Å². The quantitative estimate of drug-likeness (QED) is 0.124. The van der Waals surface area contributed by atoms with Gasteiger partial charge in [0.1, 0.15) is 5.75 Å². The number of carbonyl (C=O) groups is 3. The summed E-state index contributed by atoms with van der Waals surface area (Å²) in [5, 5.41) is 5.75. The fraction of sp³-hybridized carbons (Fsp3) is 0.179. The Morgan fingerprint density at radius 1 is 0.780 bits per heavy atom. The second-order valence-corrected chi connectivity index (χ2v) is 13.0. The molecule has 0 fully saturated rings. The van der Waals surface area contributed by atoms with Crippen molar-refractivity contribution in [2.45, 2.75) is 15.6 Å². The van der Waals surface area contributed by atoms with Crippen molar-refractivity contribution in [2.75, 3.05) is 35.9 Å². The SMILES string of the molecule is CCOc1ccc2nc(SCC(=O)Nc3ccc4nc(SCC(=O)Nc5ccc(C(=O)OC)cc5)sc4c3)sc2c1. The van der Waals surface area contributed by atoms with Gasteiger partial charge in [0, 0.05) is 11.4 Å². The van der Waals surface area contributed by atoms with Gasteiger partial charge in [-0.05, 0) is 67.6 Å². The molecule has 9 nitrogen and oxygen atoms in total. The van der Waals surface area contributed by atoms with Crippen molar-refractivity contribution in [3.05, 3.63) is 66.2 Å². The minimum atomic E-state index is -0.433. The molecule has 0 atom stereocenters. The number of rotatable bonds is 11. The lowest BCUT2D eigenvalue weighted by Gasteiger charge is -2.05. The van der Waals surface area contributed by atoms with E-state index in [9.17, 15) is 14.4 Å². The van der Waals surface area contributed by atoms with Gasteiger partial charge < -0.3 is 20.1 Å². The van der Waals surface area contributed by atoms with Crippen molar-refractivity contribution in [3.8, 4) is 5.75 Å². The van der Waals surface area contributed by atoms with Gasteiger partial charge in [0.15, 0.2) is 8.68 Å². The number of ether oxygens (including phenoxy) is 2. The third kappa shape index (κ3) is 7.55. The third-order valence-corrected chi connectivity index (χ3v) is 9.87. The predicted molar refractivity (Wildman–Crippen MR) is 167 cm³/mol. The van der Waals surface area contributed by atoms with Crippen molar-refractivity contribution in [3.63, 3.8) is 0 Å². The number of thioether (sulfide) groups is 2. The van der Waals surface area contributed by atoms with Gasteiger partial charge in [-0.2, -0.15) is 0 Å². The Morgan fingerprint density at radius 3 is 1.95 bits per heavy atom. The Kier molecular flexibility index (Phi) is 9.39. The van der Waals surface area contributed by atoms with Crippen molar-refractivity contribution in [2.24, 2.45) is 0 Å². The van der Waals surface area contributed by atoms with E-state index in [1.165, 1.54) is 53.3 Å². The summed E-state index contributed by atoms with van der Waals surface area (Å²) in [7, 11) is 1.32. The van der Waals surface area contributed by atoms with Crippen LogP contribution in [0.4, 0.5) is 11.4 Å². The Labute approximate surface area is 252 Å². The number of anilines is 2. The molecule has 0 bridgehead atoms. The van der Waals surface area contributed by atoms with Crippen LogP contribution < -0.4 is 15.4 Å². The fourth-order valence-electron chi connectivity index (χ4n) is 3.70. The monoisotopic (exact) mass is 624 g/mol. The van der Waals surface area contributed by atoms with E-state index >= 15 is 0 Å². The molecular formula is C28H24N4O5S4. The van der Waals surface area contributed by atoms with Crippen LogP contribution >= 0.6 is 46.2 Å². The number of benzene rings is 3. The highest BCUT2D eigenvalue weighted by molar-refractivity contribution is 8.02. The molecule has 2 aromatic heterocycles. The highest BCUT2D eigenvalue weighted by Gasteiger charge is 2.12. The molecular weight excluding hydrogens is 601 g/mol. The standard InChI is InChI=1S/C28H24N4O5S4/c1-3-37-19-9-11-21-23(13-19)41-28(32-21)39-15-25(34)30-18-8-10-20-22(12-18)40-27(31-20)38-14-24(33)29-17-6-4-16(5-7-17)26(35)36-2/h4-13H,3,14-15H2,1-2H3,(H,29,33)(H,30,34). The first kappa shape index (κ1) is 28.9. The minimum absolute atomic E-state index is 0.126. The van der Waals surface area contributed by atoms with Gasteiger partial charge in [-0.1, -0.05) is 23.5 Å². The summed E-state index contributed by atoms with van der Waals surface area (Å²) in [6.45, 7) is 2.55. The average Bonchev–Trinajstić information content (AvgIpc) is 3.58. The van der Waals surface area contributed by atoms with E-state index in [1.54, 1.807) is 24.3 Å². The largest absolute Gasteiger partial charge is 0.494 e. The second-order valence-electron chi connectivity index (χ2n) is 8.45. The van der Waals surface area contributed by atoms with Crippen molar-refractivity contribution < 1.29 is 23.9 Å².